The molecule has 234 valence electrons. The van der Waals surface area contributed by atoms with Crippen LogP contribution >= 0.6 is 35.3 Å². The number of oxime groups is 1. The maximum Gasteiger partial charge on any atom is 0.347 e. The Bertz CT molecular complexity index is 1580. The van der Waals surface area contributed by atoms with Gasteiger partial charge >= 0.3 is 5.97 Å². The zero-order chi connectivity index (χ0) is 32.1. The molecule has 45 heavy (non-hydrogen) atoms. The molecule has 1 aromatic heterocycles. The van der Waals surface area contributed by atoms with Crippen LogP contribution in [0.2, 0.25) is 0 Å². The van der Waals surface area contributed by atoms with E-state index in [1.807, 2.05) is 67.6 Å². The van der Waals surface area contributed by atoms with Gasteiger partial charge in [-0.25, -0.2) is 9.78 Å². The molecule has 3 aromatic rings. The second-order valence-electron chi connectivity index (χ2n) is 11.3. The van der Waals surface area contributed by atoms with Gasteiger partial charge in [-0.05, 0) is 56.6 Å². The third kappa shape index (κ3) is 7.60. The van der Waals surface area contributed by atoms with Crippen molar-refractivity contribution in [3.63, 3.8) is 0 Å². The SMILES string of the molecule is CC1=C(C(=S)OC(c2ccccc2)c2ccccc2)N2C(=O)C(NC(=O)C(=NOCC(=O)OC(C)(C)C)c3cscn3)[C@H]2SC1. The molecule has 5 rings (SSSR count). The predicted molar refractivity (Wildman–Crippen MR) is 177 cm³/mol. The highest BCUT2D eigenvalue weighted by Crippen LogP contribution is 2.41. The molecule has 13 heteroatoms. The molecular weight excluding hydrogens is 633 g/mol. The summed E-state index contributed by atoms with van der Waals surface area (Å²) in [7, 11) is 0. The Kier molecular flexibility index (Phi) is 10.0. The molecule has 2 amide bonds. The van der Waals surface area contributed by atoms with Crippen LogP contribution in [-0.4, -0.2) is 67.8 Å². The highest BCUT2D eigenvalue weighted by molar-refractivity contribution is 8.00. The molecule has 2 atom stereocenters. The standard InChI is InChI=1S/C32H32N4O6S3/c1-19-16-45-30-25(34-28(38)24(22-17-44-18-33-22)35-40-15-23(37)42-32(2,3)4)29(39)36(30)26(19)31(43)41-27(20-11-7-5-8-12-20)21-13-9-6-10-14-21/h5-14,17-18,25,27,30H,15-16H2,1-4H3,(H,34,38)/t25?,30-/m1/s1. The van der Waals surface area contributed by atoms with Crippen molar-refractivity contribution in [2.75, 3.05) is 12.4 Å². The Hall–Kier alpha value is -4.07. The summed E-state index contributed by atoms with van der Waals surface area (Å²) in [4.78, 5) is 49.9. The number of ether oxygens (including phenoxy) is 2. The molecule has 2 aliphatic rings. The number of nitrogens with one attached hydrogen (secondary N) is 1. The monoisotopic (exact) mass is 664 g/mol. The van der Waals surface area contributed by atoms with Gasteiger partial charge in [0.15, 0.2) is 5.71 Å². The van der Waals surface area contributed by atoms with E-state index in [1.54, 1.807) is 31.1 Å². The normalized spacial score (nSPS) is 18.2. The summed E-state index contributed by atoms with van der Waals surface area (Å²) in [6, 6.07) is 18.7. The fourth-order valence-electron chi connectivity index (χ4n) is 4.77. The fraction of sp³-hybridized carbons (Fsp3) is 0.312. The van der Waals surface area contributed by atoms with Gasteiger partial charge in [0.25, 0.3) is 11.8 Å². The number of aromatic nitrogens is 1. The summed E-state index contributed by atoms with van der Waals surface area (Å²) in [6.45, 7) is 6.62. The number of thioether (sulfide) groups is 1. The molecule has 2 aromatic carbocycles. The smallest absolute Gasteiger partial charge is 0.347 e. The van der Waals surface area contributed by atoms with Gasteiger partial charge < -0.3 is 19.6 Å². The minimum Gasteiger partial charge on any atom is -0.469 e. The number of thiocarbonyl (C=S) groups is 1. The summed E-state index contributed by atoms with van der Waals surface area (Å²) in [5, 5.41) is 8.08. The molecule has 0 saturated carbocycles. The predicted octanol–water partition coefficient (Wildman–Crippen LogP) is 5.01. The number of benzene rings is 2. The second-order valence-corrected chi connectivity index (χ2v) is 13.5. The number of hydrogen-bond acceptors (Lipinski definition) is 11. The molecule has 1 unspecified atom stereocenters. The van der Waals surface area contributed by atoms with Gasteiger partial charge in [0.05, 0.1) is 11.2 Å². The Balaban J connectivity index is 1.30. The van der Waals surface area contributed by atoms with Gasteiger partial charge in [-0.3, -0.25) is 14.5 Å². The molecule has 1 saturated heterocycles. The van der Waals surface area contributed by atoms with Gasteiger partial charge in [0.2, 0.25) is 11.7 Å². The lowest BCUT2D eigenvalue weighted by molar-refractivity contribution is -0.160. The molecule has 10 nitrogen and oxygen atoms in total. The highest BCUT2D eigenvalue weighted by Gasteiger charge is 2.53. The molecular formula is C32H32N4O6S3. The van der Waals surface area contributed by atoms with Crippen LogP contribution in [0.1, 0.15) is 50.6 Å². The number of nitrogens with zero attached hydrogens (tertiary/aromatic N) is 3. The minimum atomic E-state index is -0.845. The van der Waals surface area contributed by atoms with E-state index in [9.17, 15) is 14.4 Å². The van der Waals surface area contributed by atoms with Crippen molar-refractivity contribution in [2.45, 2.75) is 50.8 Å². The number of hydrogen-bond donors (Lipinski definition) is 1. The van der Waals surface area contributed by atoms with E-state index in [-0.39, 0.29) is 22.4 Å². The lowest BCUT2D eigenvalue weighted by atomic mass is 10.0. The van der Waals surface area contributed by atoms with Crippen LogP contribution in [0.4, 0.5) is 0 Å². The zero-order valence-electron chi connectivity index (χ0n) is 25.1. The molecule has 2 aliphatic heterocycles. The number of carbonyl (C=O) groups is 3. The number of carbonyl (C=O) groups excluding carboxylic acids is 3. The number of thiazole rings is 1. The number of amides is 2. The van der Waals surface area contributed by atoms with E-state index in [0.29, 0.717) is 11.4 Å². The van der Waals surface area contributed by atoms with E-state index in [1.165, 1.54) is 28.6 Å². The average molecular weight is 665 g/mol. The van der Waals surface area contributed by atoms with E-state index in [4.69, 9.17) is 26.5 Å². The largest absolute Gasteiger partial charge is 0.469 e. The number of rotatable bonds is 10. The Morgan fingerprint density at radius 3 is 2.33 bits per heavy atom. The topological polar surface area (TPSA) is 119 Å². The molecule has 3 heterocycles. The van der Waals surface area contributed by atoms with E-state index >= 15 is 0 Å². The summed E-state index contributed by atoms with van der Waals surface area (Å²) < 4.78 is 11.7. The minimum absolute atomic E-state index is 0.161. The highest BCUT2D eigenvalue weighted by atomic mass is 32.2. The van der Waals surface area contributed by atoms with E-state index in [0.717, 1.165) is 16.7 Å². The third-order valence-corrected chi connectivity index (χ3v) is 9.02. The first-order valence-corrected chi connectivity index (χ1v) is 16.5. The van der Waals surface area contributed by atoms with Crippen LogP contribution in [0.15, 0.2) is 88.0 Å². The molecule has 1 fully saturated rings. The first kappa shape index (κ1) is 32.3. The Labute approximate surface area is 274 Å². The van der Waals surface area contributed by atoms with Crippen molar-refractivity contribution in [1.82, 2.24) is 15.2 Å². The zero-order valence-corrected chi connectivity index (χ0v) is 27.5. The molecule has 0 spiro atoms. The van der Waals surface area contributed by atoms with Crippen molar-refractivity contribution in [3.05, 3.63) is 99.6 Å². The first-order valence-electron chi connectivity index (χ1n) is 14.1. The number of fused-ring (bicyclic) bond motifs is 1. The van der Waals surface area contributed by atoms with Crippen molar-refractivity contribution in [2.24, 2.45) is 5.16 Å². The van der Waals surface area contributed by atoms with Gasteiger partial charge in [-0.2, -0.15) is 0 Å². The van der Waals surface area contributed by atoms with Gasteiger partial charge in [-0.15, -0.1) is 23.1 Å². The first-order chi connectivity index (χ1) is 21.5. The van der Waals surface area contributed by atoms with Crippen LogP contribution in [0.3, 0.4) is 0 Å². The summed E-state index contributed by atoms with van der Waals surface area (Å²) in [5.74, 6) is -1.04. The van der Waals surface area contributed by atoms with Gasteiger partial charge in [-0.1, -0.05) is 65.8 Å². The van der Waals surface area contributed by atoms with Crippen molar-refractivity contribution >= 4 is 63.9 Å². The molecule has 0 radical (unpaired) electrons. The second kappa shape index (κ2) is 13.9. The van der Waals surface area contributed by atoms with Crippen LogP contribution in [-0.2, 0) is 28.7 Å². The van der Waals surface area contributed by atoms with Crippen molar-refractivity contribution < 1.29 is 28.7 Å². The molecule has 0 aliphatic carbocycles. The Morgan fingerprint density at radius 1 is 1.11 bits per heavy atom. The fourth-order valence-corrected chi connectivity index (χ4v) is 6.97. The lowest BCUT2D eigenvalue weighted by Crippen LogP contribution is -2.71. The summed E-state index contributed by atoms with van der Waals surface area (Å²) in [5.41, 5.74) is 4.22. The Morgan fingerprint density at radius 2 is 1.76 bits per heavy atom. The maximum atomic E-state index is 13.6. The average Bonchev–Trinajstić information content (AvgIpc) is 3.55. The maximum absolute atomic E-state index is 13.6. The molecule has 1 N–H and O–H groups in total. The number of esters is 1. The van der Waals surface area contributed by atoms with Crippen molar-refractivity contribution in [3.8, 4) is 0 Å². The van der Waals surface area contributed by atoms with E-state index < -0.39 is 41.6 Å². The van der Waals surface area contributed by atoms with Crippen LogP contribution in [0.25, 0.3) is 0 Å². The summed E-state index contributed by atoms with van der Waals surface area (Å²) >= 11 is 8.59. The quantitative estimate of drug-likeness (QED) is 0.105. The van der Waals surface area contributed by atoms with Crippen molar-refractivity contribution in [1.29, 1.82) is 0 Å². The van der Waals surface area contributed by atoms with Crippen LogP contribution in [0, 0.1) is 0 Å². The third-order valence-electron chi connectivity index (χ3n) is 6.72. The molecule has 0 bridgehead atoms. The number of β-lactam (4-membered cyclic amide) rings is 1. The van der Waals surface area contributed by atoms with Gasteiger partial charge in [0.1, 0.15) is 28.8 Å². The van der Waals surface area contributed by atoms with Crippen LogP contribution < -0.4 is 5.32 Å². The lowest BCUT2D eigenvalue weighted by Gasteiger charge is -2.50. The summed E-state index contributed by atoms with van der Waals surface area (Å²) in [6.07, 6.45) is -0.474. The van der Waals surface area contributed by atoms with Gasteiger partial charge in [0, 0.05) is 11.1 Å². The van der Waals surface area contributed by atoms with E-state index in [2.05, 4.69) is 15.5 Å². The van der Waals surface area contributed by atoms with Crippen LogP contribution in [0.5, 0.6) is 0 Å².